The number of nitrogens with one attached hydrogen (secondary N) is 2. The van der Waals surface area contributed by atoms with Gasteiger partial charge in [-0.15, -0.1) is 11.3 Å². The Kier molecular flexibility index (Phi) is 3.48. The summed E-state index contributed by atoms with van der Waals surface area (Å²) in [5.41, 5.74) is 0.788. The summed E-state index contributed by atoms with van der Waals surface area (Å²) in [6.07, 6.45) is 2.76. The van der Waals surface area contributed by atoms with Gasteiger partial charge in [-0.3, -0.25) is 10.1 Å². The molecule has 0 saturated heterocycles. The maximum atomic E-state index is 12.3. The maximum absolute atomic E-state index is 12.3. The van der Waals surface area contributed by atoms with Crippen molar-refractivity contribution < 1.29 is 9.53 Å². The van der Waals surface area contributed by atoms with Gasteiger partial charge in [-0.2, -0.15) is 10.1 Å². The van der Waals surface area contributed by atoms with Gasteiger partial charge in [0.05, 0.1) is 16.9 Å². The van der Waals surface area contributed by atoms with E-state index in [4.69, 9.17) is 4.74 Å². The molecule has 0 aliphatic rings. The standard InChI is InChI=1S/C12H12N6O2S/c1-3-20-10-7-6(2)8(21-11(7)14-4-13-10)9(19)17-12-15-5-16-18-12/h4-5H,3H2,1-2H3,(H2,15,16,17,18,19). The zero-order chi connectivity index (χ0) is 14.8. The van der Waals surface area contributed by atoms with Gasteiger partial charge in [-0.1, -0.05) is 0 Å². The monoisotopic (exact) mass is 304 g/mol. The Morgan fingerprint density at radius 1 is 1.38 bits per heavy atom. The van der Waals surface area contributed by atoms with Crippen LogP contribution >= 0.6 is 11.3 Å². The summed E-state index contributed by atoms with van der Waals surface area (Å²) in [5, 5.41) is 9.68. The minimum atomic E-state index is -0.269. The highest BCUT2D eigenvalue weighted by Crippen LogP contribution is 2.34. The van der Waals surface area contributed by atoms with E-state index in [2.05, 4.69) is 30.5 Å². The molecule has 0 radical (unpaired) electrons. The first-order valence-electron chi connectivity index (χ1n) is 6.24. The van der Waals surface area contributed by atoms with Crippen molar-refractivity contribution in [3.05, 3.63) is 23.1 Å². The molecule has 2 N–H and O–H groups in total. The Morgan fingerprint density at radius 2 is 2.24 bits per heavy atom. The van der Waals surface area contributed by atoms with Crippen molar-refractivity contribution in [3.8, 4) is 5.88 Å². The van der Waals surface area contributed by atoms with E-state index in [0.717, 1.165) is 10.9 Å². The van der Waals surface area contributed by atoms with E-state index in [1.807, 2.05) is 13.8 Å². The smallest absolute Gasteiger partial charge is 0.268 e. The highest BCUT2D eigenvalue weighted by atomic mass is 32.1. The van der Waals surface area contributed by atoms with Crippen molar-refractivity contribution in [2.75, 3.05) is 11.9 Å². The van der Waals surface area contributed by atoms with Crippen molar-refractivity contribution in [1.29, 1.82) is 0 Å². The van der Waals surface area contributed by atoms with E-state index in [9.17, 15) is 4.79 Å². The fraction of sp³-hybridized carbons (Fsp3) is 0.250. The Bertz CT molecular complexity index is 783. The minimum Gasteiger partial charge on any atom is -0.477 e. The van der Waals surface area contributed by atoms with E-state index in [1.165, 1.54) is 24.0 Å². The van der Waals surface area contributed by atoms with Gasteiger partial charge >= 0.3 is 0 Å². The first kappa shape index (κ1) is 13.4. The fourth-order valence-electron chi connectivity index (χ4n) is 1.93. The molecule has 8 nitrogen and oxygen atoms in total. The molecule has 0 fully saturated rings. The summed E-state index contributed by atoms with van der Waals surface area (Å²) in [6, 6.07) is 0. The van der Waals surface area contributed by atoms with Crippen LogP contribution in [0.25, 0.3) is 10.2 Å². The molecule has 0 atom stereocenters. The van der Waals surface area contributed by atoms with E-state index in [0.29, 0.717) is 28.1 Å². The first-order chi connectivity index (χ1) is 10.2. The number of H-pyrrole nitrogens is 1. The average molecular weight is 304 g/mol. The number of thiophene rings is 1. The van der Waals surface area contributed by atoms with Gasteiger partial charge in [-0.05, 0) is 19.4 Å². The van der Waals surface area contributed by atoms with Crippen molar-refractivity contribution in [2.24, 2.45) is 0 Å². The van der Waals surface area contributed by atoms with E-state index < -0.39 is 0 Å². The number of aryl methyl sites for hydroxylation is 1. The molecule has 0 aliphatic heterocycles. The number of nitrogens with zero attached hydrogens (tertiary/aromatic N) is 4. The summed E-state index contributed by atoms with van der Waals surface area (Å²) in [4.78, 5) is 25.7. The number of anilines is 1. The Labute approximate surface area is 123 Å². The predicted molar refractivity (Wildman–Crippen MR) is 77.7 cm³/mol. The molecule has 108 valence electrons. The van der Waals surface area contributed by atoms with Gasteiger partial charge in [0, 0.05) is 0 Å². The average Bonchev–Trinajstić information content (AvgIpc) is 3.08. The summed E-state index contributed by atoms with van der Waals surface area (Å²) in [7, 11) is 0. The van der Waals surface area contributed by atoms with Crippen LogP contribution in [0.15, 0.2) is 12.7 Å². The molecular weight excluding hydrogens is 292 g/mol. The molecule has 0 saturated carbocycles. The molecule has 3 aromatic rings. The van der Waals surface area contributed by atoms with Crippen LogP contribution in [0.1, 0.15) is 22.2 Å². The number of carbonyl (C=O) groups is 1. The second kappa shape index (κ2) is 5.44. The van der Waals surface area contributed by atoms with Crippen LogP contribution < -0.4 is 10.1 Å². The van der Waals surface area contributed by atoms with Gasteiger partial charge in [0.1, 0.15) is 17.5 Å². The lowest BCUT2D eigenvalue weighted by atomic mass is 10.2. The molecule has 0 unspecified atom stereocenters. The Balaban J connectivity index is 2.01. The second-order valence-electron chi connectivity index (χ2n) is 4.14. The summed E-state index contributed by atoms with van der Waals surface area (Å²) >= 11 is 1.29. The van der Waals surface area contributed by atoms with Crippen LogP contribution in [0.2, 0.25) is 0 Å². The lowest BCUT2D eigenvalue weighted by Crippen LogP contribution is -2.12. The fourth-order valence-corrected chi connectivity index (χ4v) is 2.97. The van der Waals surface area contributed by atoms with Crippen LogP contribution in [-0.2, 0) is 0 Å². The van der Waals surface area contributed by atoms with E-state index >= 15 is 0 Å². The predicted octanol–water partition coefficient (Wildman–Crippen LogP) is 1.77. The van der Waals surface area contributed by atoms with Crippen molar-refractivity contribution >= 4 is 33.4 Å². The molecule has 0 aliphatic carbocycles. The lowest BCUT2D eigenvalue weighted by molar-refractivity contribution is 0.102. The van der Waals surface area contributed by atoms with Gasteiger partial charge in [-0.25, -0.2) is 15.1 Å². The van der Waals surface area contributed by atoms with E-state index in [-0.39, 0.29) is 5.91 Å². The largest absolute Gasteiger partial charge is 0.477 e. The first-order valence-corrected chi connectivity index (χ1v) is 7.06. The quantitative estimate of drug-likeness (QED) is 0.761. The highest BCUT2D eigenvalue weighted by Gasteiger charge is 2.20. The lowest BCUT2D eigenvalue weighted by Gasteiger charge is -2.03. The zero-order valence-electron chi connectivity index (χ0n) is 11.4. The van der Waals surface area contributed by atoms with Crippen LogP contribution in [0.4, 0.5) is 5.95 Å². The Morgan fingerprint density at radius 3 is 2.95 bits per heavy atom. The molecule has 0 bridgehead atoms. The third kappa shape index (κ3) is 2.42. The van der Waals surface area contributed by atoms with Gasteiger partial charge in [0.2, 0.25) is 11.8 Å². The van der Waals surface area contributed by atoms with Crippen LogP contribution in [0.3, 0.4) is 0 Å². The molecule has 0 spiro atoms. The van der Waals surface area contributed by atoms with Gasteiger partial charge < -0.3 is 4.74 Å². The number of aromatic nitrogens is 5. The van der Waals surface area contributed by atoms with Gasteiger partial charge in [0.25, 0.3) is 5.91 Å². The number of hydrogen-bond acceptors (Lipinski definition) is 7. The van der Waals surface area contributed by atoms with Crippen molar-refractivity contribution in [1.82, 2.24) is 25.1 Å². The molecule has 3 heterocycles. The van der Waals surface area contributed by atoms with Crippen LogP contribution in [0, 0.1) is 6.92 Å². The third-order valence-electron chi connectivity index (χ3n) is 2.83. The highest BCUT2D eigenvalue weighted by molar-refractivity contribution is 7.20. The third-order valence-corrected chi connectivity index (χ3v) is 4.02. The molecule has 3 aromatic heterocycles. The van der Waals surface area contributed by atoms with Crippen LogP contribution in [-0.4, -0.2) is 37.7 Å². The molecule has 3 rings (SSSR count). The molecule has 1 amide bonds. The SMILES string of the molecule is CCOc1ncnc2sc(C(=O)Nc3ncn[nH]3)c(C)c12. The van der Waals surface area contributed by atoms with Crippen LogP contribution in [0.5, 0.6) is 5.88 Å². The minimum absolute atomic E-state index is 0.269. The summed E-state index contributed by atoms with van der Waals surface area (Å²) in [6.45, 7) is 4.23. The topological polar surface area (TPSA) is 106 Å². The number of aromatic amines is 1. The number of rotatable bonds is 4. The number of fused-ring (bicyclic) bond motifs is 1. The number of amides is 1. The normalized spacial score (nSPS) is 10.8. The molecule has 21 heavy (non-hydrogen) atoms. The summed E-state index contributed by atoms with van der Waals surface area (Å²) < 4.78 is 5.49. The molecular formula is C12H12N6O2S. The number of carbonyl (C=O) groups excluding carboxylic acids is 1. The number of ether oxygens (including phenoxy) is 1. The summed E-state index contributed by atoms with van der Waals surface area (Å²) in [5.74, 6) is 0.526. The Hall–Kier alpha value is -2.55. The van der Waals surface area contributed by atoms with Gasteiger partial charge in [0.15, 0.2) is 0 Å². The molecule has 9 heteroatoms. The zero-order valence-corrected chi connectivity index (χ0v) is 12.2. The number of hydrogen-bond donors (Lipinski definition) is 2. The second-order valence-corrected chi connectivity index (χ2v) is 5.14. The van der Waals surface area contributed by atoms with E-state index in [1.54, 1.807) is 0 Å². The maximum Gasteiger partial charge on any atom is 0.268 e. The van der Waals surface area contributed by atoms with Crippen molar-refractivity contribution in [2.45, 2.75) is 13.8 Å². The molecule has 0 aromatic carbocycles. The van der Waals surface area contributed by atoms with Crippen molar-refractivity contribution in [3.63, 3.8) is 0 Å².